The minimum atomic E-state index is -0.268. The molecular formula is C22H30N4O3. The Kier molecular flexibility index (Phi) is 7.55. The van der Waals surface area contributed by atoms with Crippen molar-refractivity contribution in [1.82, 2.24) is 20.0 Å². The van der Waals surface area contributed by atoms with Gasteiger partial charge >= 0.3 is 0 Å². The summed E-state index contributed by atoms with van der Waals surface area (Å²) in [5.74, 6) is 0.235. The summed E-state index contributed by atoms with van der Waals surface area (Å²) in [6, 6.07) is 12.2. The van der Waals surface area contributed by atoms with Gasteiger partial charge in [0, 0.05) is 31.7 Å². The highest BCUT2D eigenvalue weighted by atomic mass is 16.5. The van der Waals surface area contributed by atoms with Gasteiger partial charge in [0.2, 0.25) is 0 Å². The van der Waals surface area contributed by atoms with Crippen molar-refractivity contribution >= 4 is 5.91 Å². The molecule has 1 saturated heterocycles. The average Bonchev–Trinajstić information content (AvgIpc) is 2.78. The average molecular weight is 399 g/mol. The first-order chi connectivity index (χ1) is 14.1. The molecule has 7 heteroatoms. The summed E-state index contributed by atoms with van der Waals surface area (Å²) < 4.78 is 6.75. The summed E-state index contributed by atoms with van der Waals surface area (Å²) in [7, 11) is 0. The third kappa shape index (κ3) is 5.31. The molecule has 1 N–H and O–H groups in total. The van der Waals surface area contributed by atoms with Gasteiger partial charge in [-0.25, -0.2) is 0 Å². The van der Waals surface area contributed by atoms with Gasteiger partial charge in [0.15, 0.2) is 0 Å². The van der Waals surface area contributed by atoms with Crippen molar-refractivity contribution in [2.75, 3.05) is 32.8 Å². The molecule has 1 aliphatic rings. The second kappa shape index (κ2) is 10.3. The number of carbonyl (C=O) groups excluding carboxylic acids is 1. The molecule has 1 amide bonds. The van der Waals surface area contributed by atoms with E-state index >= 15 is 0 Å². The molecule has 1 aromatic heterocycles. The number of nitrogens with one attached hydrogen (secondary N) is 1. The molecule has 2 heterocycles. The monoisotopic (exact) mass is 398 g/mol. The van der Waals surface area contributed by atoms with Crippen LogP contribution >= 0.6 is 0 Å². The molecule has 0 saturated carbocycles. The highest BCUT2D eigenvalue weighted by molar-refractivity contribution is 5.92. The van der Waals surface area contributed by atoms with Crippen molar-refractivity contribution in [3.05, 3.63) is 58.5 Å². The first-order valence-corrected chi connectivity index (χ1v) is 10.4. The summed E-state index contributed by atoms with van der Waals surface area (Å²) in [6.45, 7) is 8.17. The zero-order valence-corrected chi connectivity index (χ0v) is 17.2. The first kappa shape index (κ1) is 21.2. The maximum Gasteiger partial charge on any atom is 0.271 e. The van der Waals surface area contributed by atoms with Crippen LogP contribution in [-0.4, -0.2) is 59.5 Å². The highest BCUT2D eigenvalue weighted by Crippen LogP contribution is 2.19. The van der Waals surface area contributed by atoms with Gasteiger partial charge < -0.3 is 10.1 Å². The molecule has 29 heavy (non-hydrogen) atoms. The molecule has 3 rings (SSSR count). The number of hydrogen-bond acceptors (Lipinski definition) is 5. The molecule has 7 nitrogen and oxygen atoms in total. The summed E-state index contributed by atoms with van der Waals surface area (Å²) in [6.07, 6.45) is 2.12. The van der Waals surface area contributed by atoms with E-state index in [0.717, 1.165) is 39.1 Å². The lowest BCUT2D eigenvalue weighted by Crippen LogP contribution is -2.52. The summed E-state index contributed by atoms with van der Waals surface area (Å²) >= 11 is 0. The van der Waals surface area contributed by atoms with Gasteiger partial charge in [-0.1, -0.05) is 44.9 Å². The molecule has 0 spiro atoms. The molecule has 1 aromatic carbocycles. The number of nitrogens with zero attached hydrogens (tertiary/aromatic N) is 3. The third-order valence-corrected chi connectivity index (χ3v) is 5.61. The van der Waals surface area contributed by atoms with Gasteiger partial charge in [0.05, 0.1) is 18.9 Å². The summed E-state index contributed by atoms with van der Waals surface area (Å²) in [5, 5.41) is 7.32. The van der Waals surface area contributed by atoms with Gasteiger partial charge in [0.25, 0.3) is 11.5 Å². The predicted molar refractivity (Wildman–Crippen MR) is 112 cm³/mol. The molecule has 0 bridgehead atoms. The molecule has 0 aliphatic carbocycles. The molecule has 1 aliphatic heterocycles. The smallest absolute Gasteiger partial charge is 0.271 e. The number of benzene rings is 1. The summed E-state index contributed by atoms with van der Waals surface area (Å²) in [4.78, 5) is 27.4. The van der Waals surface area contributed by atoms with Crippen LogP contribution in [0.4, 0.5) is 0 Å². The fourth-order valence-corrected chi connectivity index (χ4v) is 3.91. The zero-order valence-electron chi connectivity index (χ0n) is 17.2. The minimum Gasteiger partial charge on any atom is -0.379 e. The van der Waals surface area contributed by atoms with Crippen LogP contribution in [0, 0.1) is 5.92 Å². The first-order valence-electron chi connectivity index (χ1n) is 10.4. The molecule has 1 atom stereocenters. The van der Waals surface area contributed by atoms with Crippen LogP contribution in [0.25, 0.3) is 5.69 Å². The number of morpholine rings is 1. The van der Waals surface area contributed by atoms with Crippen LogP contribution in [0.2, 0.25) is 0 Å². The number of aromatic nitrogens is 2. The lowest BCUT2D eigenvalue weighted by molar-refractivity contribution is 0.00189. The predicted octanol–water partition coefficient (Wildman–Crippen LogP) is 2.10. The maximum atomic E-state index is 12.8. The van der Waals surface area contributed by atoms with Crippen molar-refractivity contribution < 1.29 is 9.53 Å². The fourth-order valence-electron chi connectivity index (χ4n) is 3.91. The largest absolute Gasteiger partial charge is 0.379 e. The Hall–Kier alpha value is -2.51. The number of ether oxygens (including phenoxy) is 1. The van der Waals surface area contributed by atoms with Gasteiger partial charge in [-0.3, -0.25) is 14.5 Å². The SMILES string of the molecule is CCC(CC)C(CNC(=O)c1ccc(=O)n(-c2ccccc2)n1)N1CCOCC1. The van der Waals surface area contributed by atoms with E-state index in [1.165, 1.54) is 16.8 Å². The quantitative estimate of drug-likeness (QED) is 0.737. The number of hydrogen-bond donors (Lipinski definition) is 1. The molecular weight excluding hydrogens is 368 g/mol. The van der Waals surface area contributed by atoms with Gasteiger partial charge in [0.1, 0.15) is 5.69 Å². The lowest BCUT2D eigenvalue weighted by atomic mass is 9.92. The number of rotatable bonds is 8. The van der Waals surface area contributed by atoms with E-state index in [0.29, 0.717) is 18.2 Å². The van der Waals surface area contributed by atoms with E-state index in [4.69, 9.17) is 4.74 Å². The van der Waals surface area contributed by atoms with Gasteiger partial charge in [-0.05, 0) is 24.1 Å². The Morgan fingerprint density at radius 1 is 1.10 bits per heavy atom. The Labute approximate surface area is 171 Å². The van der Waals surface area contributed by atoms with Crippen LogP contribution in [0.3, 0.4) is 0 Å². The Bertz CT molecular complexity index is 843. The van der Waals surface area contributed by atoms with E-state index in [-0.39, 0.29) is 23.2 Å². The van der Waals surface area contributed by atoms with Crippen LogP contribution in [0.1, 0.15) is 37.2 Å². The standard InChI is InChI=1S/C22H30N4O3/c1-3-17(4-2)20(25-12-14-29-15-13-25)16-23-22(28)19-10-11-21(27)26(24-19)18-8-6-5-7-9-18/h5-11,17,20H,3-4,12-16H2,1-2H3,(H,23,28). The Morgan fingerprint density at radius 3 is 2.45 bits per heavy atom. The van der Waals surface area contributed by atoms with E-state index < -0.39 is 0 Å². The van der Waals surface area contributed by atoms with E-state index in [2.05, 4.69) is 29.2 Å². The van der Waals surface area contributed by atoms with Crippen LogP contribution in [0.5, 0.6) is 0 Å². The summed E-state index contributed by atoms with van der Waals surface area (Å²) in [5.41, 5.74) is 0.602. The molecule has 1 unspecified atom stereocenters. The van der Waals surface area contributed by atoms with E-state index in [1.54, 1.807) is 12.1 Å². The van der Waals surface area contributed by atoms with Gasteiger partial charge in [-0.15, -0.1) is 0 Å². The second-order valence-corrected chi connectivity index (χ2v) is 7.31. The second-order valence-electron chi connectivity index (χ2n) is 7.31. The van der Waals surface area contributed by atoms with Crippen molar-refractivity contribution in [3.8, 4) is 5.69 Å². The topological polar surface area (TPSA) is 76.5 Å². The van der Waals surface area contributed by atoms with Crippen LogP contribution < -0.4 is 10.9 Å². The Balaban J connectivity index is 1.73. The third-order valence-electron chi connectivity index (χ3n) is 5.61. The number of carbonyl (C=O) groups is 1. The van der Waals surface area contributed by atoms with Crippen molar-refractivity contribution in [3.63, 3.8) is 0 Å². The van der Waals surface area contributed by atoms with E-state index in [1.807, 2.05) is 18.2 Å². The van der Waals surface area contributed by atoms with Crippen molar-refractivity contribution in [2.24, 2.45) is 5.92 Å². The molecule has 0 radical (unpaired) electrons. The zero-order chi connectivity index (χ0) is 20.6. The van der Waals surface area contributed by atoms with Crippen molar-refractivity contribution in [2.45, 2.75) is 32.7 Å². The van der Waals surface area contributed by atoms with Crippen LogP contribution in [0.15, 0.2) is 47.3 Å². The normalized spacial score (nSPS) is 16.0. The lowest BCUT2D eigenvalue weighted by Gasteiger charge is -2.38. The molecule has 1 fully saturated rings. The minimum absolute atomic E-state index is 0.235. The highest BCUT2D eigenvalue weighted by Gasteiger charge is 2.27. The number of para-hydroxylation sites is 1. The number of amides is 1. The molecule has 2 aromatic rings. The van der Waals surface area contributed by atoms with Gasteiger partial charge in [-0.2, -0.15) is 9.78 Å². The van der Waals surface area contributed by atoms with Crippen molar-refractivity contribution in [1.29, 1.82) is 0 Å². The maximum absolute atomic E-state index is 12.8. The molecule has 156 valence electrons. The fraction of sp³-hybridized carbons (Fsp3) is 0.500. The van der Waals surface area contributed by atoms with Crippen LogP contribution in [-0.2, 0) is 4.74 Å². The Morgan fingerprint density at radius 2 is 1.79 bits per heavy atom. The van der Waals surface area contributed by atoms with E-state index in [9.17, 15) is 9.59 Å².